The molecule has 1 aliphatic heterocycles. The van der Waals surface area contributed by atoms with Gasteiger partial charge in [-0.3, -0.25) is 9.78 Å². The molecule has 1 amide bonds. The summed E-state index contributed by atoms with van der Waals surface area (Å²) in [5.41, 5.74) is 1.65. The lowest BCUT2D eigenvalue weighted by molar-refractivity contribution is -0.115. The zero-order chi connectivity index (χ0) is 19.0. The first-order valence-electron chi connectivity index (χ1n) is 7.96. The molecule has 0 atom stereocenters. The van der Waals surface area contributed by atoms with Crippen LogP contribution in [0.3, 0.4) is 0 Å². The summed E-state index contributed by atoms with van der Waals surface area (Å²) in [6.45, 7) is 2.17. The fourth-order valence-corrected chi connectivity index (χ4v) is 3.68. The summed E-state index contributed by atoms with van der Waals surface area (Å²) < 4.78 is 25.5. The summed E-state index contributed by atoms with van der Waals surface area (Å²) >= 11 is 6.15. The van der Waals surface area contributed by atoms with Crippen molar-refractivity contribution in [3.8, 4) is 17.0 Å². The zero-order valence-electron chi connectivity index (χ0n) is 14.0. The third-order valence-electron chi connectivity index (χ3n) is 3.73. The van der Waals surface area contributed by atoms with Crippen LogP contribution < -0.4 is 10.1 Å². The number of hydrogen-bond acceptors (Lipinski definition) is 7. The molecule has 0 bridgehead atoms. The first-order valence-corrected chi connectivity index (χ1v) is 9.19. The first kappa shape index (κ1) is 17.6. The third kappa shape index (κ3) is 3.56. The number of thioether (sulfide) groups is 1. The monoisotopic (exact) mass is 401 g/mol. The number of hydrogen-bond donors (Lipinski definition) is 1. The lowest BCUT2D eigenvalue weighted by atomic mass is 10.1. The van der Waals surface area contributed by atoms with E-state index in [0.29, 0.717) is 38.3 Å². The number of halogens is 1. The molecule has 0 aliphatic carbocycles. The second-order valence-corrected chi connectivity index (χ2v) is 7.28. The molecule has 1 fully saturated rings. The van der Waals surface area contributed by atoms with Crippen LogP contribution in [-0.2, 0) is 4.79 Å². The van der Waals surface area contributed by atoms with E-state index in [2.05, 4.69) is 15.3 Å². The zero-order valence-corrected chi connectivity index (χ0v) is 15.6. The molecule has 0 aromatic carbocycles. The summed E-state index contributed by atoms with van der Waals surface area (Å²) in [7, 11) is 0. The number of fused-ring (bicyclic) bond motifs is 1. The minimum absolute atomic E-state index is 0.186. The van der Waals surface area contributed by atoms with Crippen molar-refractivity contribution in [3.63, 3.8) is 0 Å². The van der Waals surface area contributed by atoms with Crippen LogP contribution in [0.2, 0.25) is 0 Å². The van der Waals surface area contributed by atoms with Crippen molar-refractivity contribution >= 4 is 51.3 Å². The van der Waals surface area contributed by atoms with Crippen molar-refractivity contribution in [2.24, 2.45) is 0 Å². The van der Waals surface area contributed by atoms with Crippen molar-refractivity contribution in [3.05, 3.63) is 47.2 Å². The van der Waals surface area contributed by atoms with Gasteiger partial charge in [0, 0.05) is 41.6 Å². The molecule has 0 spiro atoms. The van der Waals surface area contributed by atoms with Crippen LogP contribution in [0.5, 0.6) is 5.88 Å². The summed E-state index contributed by atoms with van der Waals surface area (Å²) in [6.07, 6.45) is 4.83. The van der Waals surface area contributed by atoms with E-state index in [-0.39, 0.29) is 11.8 Å². The van der Waals surface area contributed by atoms with Gasteiger partial charge in [0.1, 0.15) is 15.7 Å². The summed E-state index contributed by atoms with van der Waals surface area (Å²) in [5, 5.41) is 3.28. The van der Waals surface area contributed by atoms with Crippen molar-refractivity contribution < 1.29 is 18.3 Å². The van der Waals surface area contributed by atoms with Gasteiger partial charge in [-0.2, -0.15) is 9.37 Å². The number of amides is 1. The molecule has 1 N–H and O–H groups in total. The van der Waals surface area contributed by atoms with Gasteiger partial charge in [-0.1, -0.05) is 24.0 Å². The van der Waals surface area contributed by atoms with Gasteiger partial charge < -0.3 is 14.5 Å². The molecule has 1 saturated heterocycles. The molecular weight excluding hydrogens is 389 g/mol. The fraction of sp³-hybridized carbons (Fsp3) is 0.111. The van der Waals surface area contributed by atoms with E-state index in [0.717, 1.165) is 5.39 Å². The number of carbonyl (C=O) groups excluding carboxylic acids is 1. The molecule has 9 heteroatoms. The van der Waals surface area contributed by atoms with E-state index >= 15 is 0 Å². The fourth-order valence-electron chi connectivity index (χ4n) is 2.66. The minimum Gasteiger partial charge on any atom is -0.478 e. The molecule has 3 aromatic rings. The third-order valence-corrected chi connectivity index (χ3v) is 4.89. The average Bonchev–Trinajstić information content (AvgIpc) is 3.16. The topological polar surface area (TPSA) is 77.2 Å². The lowest BCUT2D eigenvalue weighted by Gasteiger charge is -2.06. The number of ether oxygens (including phenoxy) is 1. The van der Waals surface area contributed by atoms with Gasteiger partial charge in [-0.25, -0.2) is 0 Å². The van der Waals surface area contributed by atoms with Gasteiger partial charge >= 0.3 is 0 Å². The second kappa shape index (κ2) is 7.09. The summed E-state index contributed by atoms with van der Waals surface area (Å²) in [6, 6.07) is 4.68. The van der Waals surface area contributed by atoms with Gasteiger partial charge in [0.05, 0.1) is 11.5 Å². The van der Waals surface area contributed by atoms with E-state index in [1.165, 1.54) is 17.8 Å². The Kier molecular flexibility index (Phi) is 4.63. The molecule has 4 rings (SSSR count). The average molecular weight is 401 g/mol. The van der Waals surface area contributed by atoms with Gasteiger partial charge in [0.25, 0.3) is 5.91 Å². The highest BCUT2D eigenvalue weighted by Crippen LogP contribution is 2.33. The predicted molar refractivity (Wildman–Crippen MR) is 105 cm³/mol. The van der Waals surface area contributed by atoms with Crippen molar-refractivity contribution in [2.75, 3.05) is 6.61 Å². The quantitative estimate of drug-likeness (QED) is 0.403. The maximum Gasteiger partial charge on any atom is 0.263 e. The van der Waals surface area contributed by atoms with Gasteiger partial charge in [0.15, 0.2) is 0 Å². The lowest BCUT2D eigenvalue weighted by Crippen LogP contribution is -2.17. The van der Waals surface area contributed by atoms with Gasteiger partial charge in [-0.15, -0.1) is 0 Å². The normalized spacial score (nSPS) is 15.6. The molecule has 136 valence electrons. The molecule has 0 unspecified atom stereocenters. The molecule has 0 saturated carbocycles. The van der Waals surface area contributed by atoms with Crippen LogP contribution in [0.25, 0.3) is 28.2 Å². The Morgan fingerprint density at radius 1 is 1.37 bits per heavy atom. The highest BCUT2D eigenvalue weighted by molar-refractivity contribution is 8.26. The molecule has 1 aliphatic rings. The number of carbonyl (C=O) groups is 1. The molecular formula is C18H12FN3O3S2. The van der Waals surface area contributed by atoms with Crippen LogP contribution in [0, 0.1) is 5.95 Å². The number of furan rings is 1. The number of rotatable bonds is 4. The predicted octanol–water partition coefficient (Wildman–Crippen LogP) is 3.92. The highest BCUT2D eigenvalue weighted by Gasteiger charge is 2.23. The standard InChI is InChI=1S/C18H12FN3O3S2/c1-2-24-15-5-9(4-14(19)21-15)12-8-20-7-10-3-11(25-16(10)12)6-13-17(23)22-18(26)27-13/h3-8H,2H2,1H3,(H,22,23,26)/b13-6-. The molecule has 4 heterocycles. The Labute approximate surface area is 162 Å². The summed E-state index contributed by atoms with van der Waals surface area (Å²) in [5.74, 6) is -0.261. The van der Waals surface area contributed by atoms with Gasteiger partial charge in [0.2, 0.25) is 11.8 Å². The van der Waals surface area contributed by atoms with E-state index in [9.17, 15) is 9.18 Å². The van der Waals surface area contributed by atoms with Crippen molar-refractivity contribution in [2.45, 2.75) is 6.92 Å². The molecule has 0 radical (unpaired) electrons. The van der Waals surface area contributed by atoms with Crippen LogP contribution in [0.1, 0.15) is 12.7 Å². The van der Waals surface area contributed by atoms with Crippen LogP contribution in [0.15, 0.2) is 39.9 Å². The minimum atomic E-state index is -0.658. The van der Waals surface area contributed by atoms with E-state index < -0.39 is 5.95 Å². The Morgan fingerprint density at radius 2 is 2.22 bits per heavy atom. The Balaban J connectivity index is 1.80. The van der Waals surface area contributed by atoms with E-state index in [4.69, 9.17) is 21.4 Å². The number of pyridine rings is 2. The van der Waals surface area contributed by atoms with E-state index in [1.54, 1.807) is 37.5 Å². The molecule has 27 heavy (non-hydrogen) atoms. The Hall–Kier alpha value is -2.78. The Morgan fingerprint density at radius 3 is 2.96 bits per heavy atom. The number of aromatic nitrogens is 2. The number of thiocarbonyl (C=S) groups is 1. The first-order chi connectivity index (χ1) is 13.0. The van der Waals surface area contributed by atoms with Gasteiger partial charge in [-0.05, 0) is 18.6 Å². The maximum absolute atomic E-state index is 13.9. The van der Waals surface area contributed by atoms with Crippen LogP contribution in [-0.4, -0.2) is 26.8 Å². The summed E-state index contributed by atoms with van der Waals surface area (Å²) in [4.78, 5) is 20.2. The second-order valence-electron chi connectivity index (χ2n) is 5.56. The SMILES string of the molecule is CCOc1cc(-c2cncc3cc(/C=C4\SC(=S)NC4=O)oc23)cc(F)n1. The number of nitrogens with zero attached hydrogens (tertiary/aromatic N) is 2. The highest BCUT2D eigenvalue weighted by atomic mass is 32.2. The van der Waals surface area contributed by atoms with Crippen LogP contribution >= 0.6 is 24.0 Å². The Bertz CT molecular complexity index is 1110. The maximum atomic E-state index is 13.9. The van der Waals surface area contributed by atoms with Crippen LogP contribution in [0.4, 0.5) is 4.39 Å². The molecule has 6 nitrogen and oxygen atoms in total. The van der Waals surface area contributed by atoms with Crippen molar-refractivity contribution in [1.82, 2.24) is 15.3 Å². The smallest absolute Gasteiger partial charge is 0.263 e. The van der Waals surface area contributed by atoms with Crippen molar-refractivity contribution in [1.29, 1.82) is 0 Å². The largest absolute Gasteiger partial charge is 0.478 e. The van der Waals surface area contributed by atoms with E-state index in [1.807, 2.05) is 0 Å². The number of nitrogens with one attached hydrogen (secondary N) is 1. The molecule has 3 aromatic heterocycles.